The largest absolute Gasteiger partial charge is 0.354 e. The molecule has 2 fully saturated rings. The predicted molar refractivity (Wildman–Crippen MR) is 76.1 cm³/mol. The Labute approximate surface area is 114 Å². The van der Waals surface area contributed by atoms with Gasteiger partial charge in [-0.2, -0.15) is 0 Å². The van der Waals surface area contributed by atoms with Crippen molar-refractivity contribution in [1.29, 1.82) is 0 Å². The fourth-order valence-corrected chi connectivity index (χ4v) is 3.15. The van der Waals surface area contributed by atoms with Crippen LogP contribution in [0.15, 0.2) is 24.3 Å². The van der Waals surface area contributed by atoms with Crippen molar-refractivity contribution in [2.24, 2.45) is 0 Å². The van der Waals surface area contributed by atoms with Crippen molar-refractivity contribution >= 4 is 5.91 Å². The van der Waals surface area contributed by atoms with Crippen molar-refractivity contribution in [2.45, 2.75) is 44.1 Å². The first kappa shape index (κ1) is 12.7. The maximum atomic E-state index is 12.1. The van der Waals surface area contributed by atoms with Crippen molar-refractivity contribution in [2.75, 3.05) is 13.1 Å². The Balaban J connectivity index is 1.63. The average Bonchev–Trinajstić information content (AvgIpc) is 3.00. The van der Waals surface area contributed by atoms with Gasteiger partial charge in [0, 0.05) is 12.0 Å². The Kier molecular flexibility index (Phi) is 3.31. The zero-order chi connectivity index (χ0) is 13.3. The van der Waals surface area contributed by atoms with E-state index in [0.717, 1.165) is 25.9 Å². The first-order chi connectivity index (χ1) is 9.21. The standard InChI is InChI=1S/C16H22N2O/c1-12-5-2-3-6-13(12)16(8-9-16)11-18-15(19)14-7-4-10-17-14/h2-3,5-6,14,17H,4,7-11H2,1H3,(H,18,19). The van der Waals surface area contributed by atoms with Crippen LogP contribution in [0.1, 0.15) is 36.8 Å². The first-order valence-corrected chi connectivity index (χ1v) is 7.28. The molecular formula is C16H22N2O. The van der Waals surface area contributed by atoms with Crippen molar-refractivity contribution in [1.82, 2.24) is 10.6 Å². The van der Waals surface area contributed by atoms with Gasteiger partial charge in [0.25, 0.3) is 0 Å². The van der Waals surface area contributed by atoms with Gasteiger partial charge in [0.15, 0.2) is 0 Å². The fraction of sp³-hybridized carbons (Fsp3) is 0.562. The first-order valence-electron chi connectivity index (χ1n) is 7.28. The maximum absolute atomic E-state index is 12.1. The lowest BCUT2D eigenvalue weighted by atomic mass is 9.92. The Morgan fingerprint density at radius 2 is 2.21 bits per heavy atom. The summed E-state index contributed by atoms with van der Waals surface area (Å²) >= 11 is 0. The normalized spacial score (nSPS) is 24.2. The third kappa shape index (κ3) is 2.52. The Morgan fingerprint density at radius 3 is 2.84 bits per heavy atom. The molecule has 1 atom stereocenters. The molecule has 3 heteroatoms. The molecule has 1 heterocycles. The van der Waals surface area contributed by atoms with Crippen LogP contribution in [0, 0.1) is 6.92 Å². The number of nitrogens with one attached hydrogen (secondary N) is 2. The smallest absolute Gasteiger partial charge is 0.237 e. The van der Waals surface area contributed by atoms with E-state index in [1.54, 1.807) is 0 Å². The van der Waals surface area contributed by atoms with Crippen molar-refractivity contribution in [3.63, 3.8) is 0 Å². The van der Waals surface area contributed by atoms with E-state index in [2.05, 4.69) is 41.8 Å². The number of hydrogen-bond donors (Lipinski definition) is 2. The lowest BCUT2D eigenvalue weighted by molar-refractivity contribution is -0.122. The van der Waals surface area contributed by atoms with Crippen LogP contribution < -0.4 is 10.6 Å². The molecule has 1 amide bonds. The van der Waals surface area contributed by atoms with Crippen molar-refractivity contribution in [3.8, 4) is 0 Å². The number of aryl methyl sites for hydroxylation is 1. The van der Waals surface area contributed by atoms with Gasteiger partial charge in [-0.25, -0.2) is 0 Å². The van der Waals surface area contributed by atoms with Gasteiger partial charge < -0.3 is 10.6 Å². The minimum absolute atomic E-state index is 0.0349. The van der Waals surface area contributed by atoms with Gasteiger partial charge in [-0.3, -0.25) is 4.79 Å². The highest BCUT2D eigenvalue weighted by atomic mass is 16.2. The minimum atomic E-state index is 0.0349. The monoisotopic (exact) mass is 258 g/mol. The van der Waals surface area contributed by atoms with E-state index in [-0.39, 0.29) is 17.4 Å². The quantitative estimate of drug-likeness (QED) is 0.866. The Bertz CT molecular complexity index is 473. The predicted octanol–water partition coefficient (Wildman–Crippen LogP) is 1.89. The van der Waals surface area contributed by atoms with Gasteiger partial charge in [-0.1, -0.05) is 24.3 Å². The fourth-order valence-electron chi connectivity index (χ4n) is 3.15. The van der Waals surface area contributed by atoms with Crippen LogP contribution in [0.2, 0.25) is 0 Å². The van der Waals surface area contributed by atoms with Crippen LogP contribution in [0.25, 0.3) is 0 Å². The van der Waals surface area contributed by atoms with Crippen LogP contribution in [0.5, 0.6) is 0 Å². The highest BCUT2D eigenvalue weighted by Gasteiger charge is 2.45. The summed E-state index contributed by atoms with van der Waals surface area (Å²) in [5.74, 6) is 0.178. The molecule has 0 radical (unpaired) electrons. The van der Waals surface area contributed by atoms with Crippen LogP contribution in [0.4, 0.5) is 0 Å². The van der Waals surface area contributed by atoms with E-state index >= 15 is 0 Å². The summed E-state index contributed by atoms with van der Waals surface area (Å²) in [7, 11) is 0. The number of hydrogen-bond acceptors (Lipinski definition) is 2. The Hall–Kier alpha value is -1.35. The topological polar surface area (TPSA) is 41.1 Å². The second kappa shape index (κ2) is 4.97. The molecule has 1 saturated heterocycles. The van der Waals surface area contributed by atoms with Crippen molar-refractivity contribution in [3.05, 3.63) is 35.4 Å². The molecule has 2 N–H and O–H groups in total. The number of carbonyl (C=O) groups is 1. The molecule has 1 unspecified atom stereocenters. The summed E-state index contributed by atoms with van der Waals surface area (Å²) in [5.41, 5.74) is 2.96. The van der Waals surface area contributed by atoms with Gasteiger partial charge in [-0.15, -0.1) is 0 Å². The van der Waals surface area contributed by atoms with Gasteiger partial charge >= 0.3 is 0 Å². The molecule has 2 aliphatic rings. The maximum Gasteiger partial charge on any atom is 0.237 e. The third-order valence-corrected chi connectivity index (χ3v) is 4.55. The summed E-state index contributed by atoms with van der Waals surface area (Å²) < 4.78 is 0. The molecule has 1 aromatic rings. The SMILES string of the molecule is Cc1ccccc1C1(CNC(=O)C2CCCN2)CC1. The highest BCUT2D eigenvalue weighted by molar-refractivity contribution is 5.82. The van der Waals surface area contributed by atoms with E-state index in [1.807, 2.05) is 0 Å². The second-order valence-electron chi connectivity index (χ2n) is 5.96. The lowest BCUT2D eigenvalue weighted by Crippen LogP contribution is -2.43. The van der Waals surface area contributed by atoms with Gasteiger partial charge in [0.2, 0.25) is 5.91 Å². The molecule has 1 aliphatic carbocycles. The van der Waals surface area contributed by atoms with E-state index in [9.17, 15) is 4.79 Å². The van der Waals surface area contributed by atoms with E-state index in [0.29, 0.717) is 0 Å². The summed E-state index contributed by atoms with van der Waals surface area (Å²) in [6, 6.07) is 8.59. The van der Waals surface area contributed by atoms with E-state index in [4.69, 9.17) is 0 Å². The molecule has 1 aliphatic heterocycles. The summed E-state index contributed by atoms with van der Waals surface area (Å²) in [5, 5.41) is 6.40. The van der Waals surface area contributed by atoms with Crippen LogP contribution >= 0.6 is 0 Å². The average molecular weight is 258 g/mol. The van der Waals surface area contributed by atoms with Crippen LogP contribution in [0.3, 0.4) is 0 Å². The van der Waals surface area contributed by atoms with Crippen LogP contribution in [-0.4, -0.2) is 25.0 Å². The molecule has 1 aromatic carbocycles. The number of rotatable bonds is 4. The summed E-state index contributed by atoms with van der Waals surface area (Å²) in [6.45, 7) is 3.92. The third-order valence-electron chi connectivity index (χ3n) is 4.55. The molecule has 0 spiro atoms. The highest BCUT2D eigenvalue weighted by Crippen LogP contribution is 2.48. The second-order valence-corrected chi connectivity index (χ2v) is 5.96. The Morgan fingerprint density at radius 1 is 1.42 bits per heavy atom. The molecule has 3 nitrogen and oxygen atoms in total. The molecule has 0 aromatic heterocycles. The van der Waals surface area contributed by atoms with Crippen LogP contribution in [-0.2, 0) is 10.2 Å². The number of amides is 1. The van der Waals surface area contributed by atoms with Crippen molar-refractivity contribution < 1.29 is 4.79 Å². The molecular weight excluding hydrogens is 236 g/mol. The zero-order valence-corrected chi connectivity index (χ0v) is 11.5. The molecule has 1 saturated carbocycles. The van der Waals surface area contributed by atoms with Gasteiger partial charge in [0.1, 0.15) is 0 Å². The summed E-state index contributed by atoms with van der Waals surface area (Å²) in [6.07, 6.45) is 4.47. The van der Waals surface area contributed by atoms with Gasteiger partial charge in [0.05, 0.1) is 6.04 Å². The van der Waals surface area contributed by atoms with E-state index < -0.39 is 0 Å². The minimum Gasteiger partial charge on any atom is -0.354 e. The van der Waals surface area contributed by atoms with E-state index in [1.165, 1.54) is 24.0 Å². The number of carbonyl (C=O) groups excluding carboxylic acids is 1. The molecule has 102 valence electrons. The molecule has 0 bridgehead atoms. The molecule has 19 heavy (non-hydrogen) atoms. The number of benzene rings is 1. The summed E-state index contributed by atoms with van der Waals surface area (Å²) in [4.78, 5) is 12.1. The van der Waals surface area contributed by atoms with Gasteiger partial charge in [-0.05, 0) is 50.3 Å². The molecule has 3 rings (SSSR count). The zero-order valence-electron chi connectivity index (χ0n) is 11.5. The lowest BCUT2D eigenvalue weighted by Gasteiger charge is -2.20.